The standard InChI is InChI=1S/C12H16FNO2/c13-10-7-11(15)9(6-12(10)16)5-8-1-3-14-4-2-8/h6-8,14-16H,1-5H2. The monoisotopic (exact) mass is 225 g/mol. The van der Waals surface area contributed by atoms with E-state index in [0.29, 0.717) is 17.9 Å². The Morgan fingerprint density at radius 3 is 2.56 bits per heavy atom. The van der Waals surface area contributed by atoms with Gasteiger partial charge >= 0.3 is 0 Å². The quantitative estimate of drug-likeness (QED) is 0.672. The third kappa shape index (κ3) is 2.44. The summed E-state index contributed by atoms with van der Waals surface area (Å²) in [5, 5.41) is 22.1. The van der Waals surface area contributed by atoms with Crippen LogP contribution in [0.15, 0.2) is 12.1 Å². The van der Waals surface area contributed by atoms with Gasteiger partial charge in [0.1, 0.15) is 5.75 Å². The number of benzene rings is 1. The van der Waals surface area contributed by atoms with Crippen LogP contribution in [-0.2, 0) is 6.42 Å². The molecule has 1 saturated heterocycles. The van der Waals surface area contributed by atoms with Crippen molar-refractivity contribution in [3.63, 3.8) is 0 Å². The summed E-state index contributed by atoms with van der Waals surface area (Å²) in [6.45, 7) is 1.97. The number of nitrogens with one attached hydrogen (secondary N) is 1. The topological polar surface area (TPSA) is 52.5 Å². The van der Waals surface area contributed by atoms with Gasteiger partial charge in [0.05, 0.1) is 0 Å². The molecule has 0 radical (unpaired) electrons. The molecule has 3 nitrogen and oxygen atoms in total. The molecule has 1 heterocycles. The van der Waals surface area contributed by atoms with E-state index in [-0.39, 0.29) is 11.5 Å². The normalized spacial score (nSPS) is 17.6. The lowest BCUT2D eigenvalue weighted by Crippen LogP contribution is -2.28. The third-order valence-electron chi connectivity index (χ3n) is 3.12. The zero-order valence-corrected chi connectivity index (χ0v) is 9.04. The minimum atomic E-state index is -0.772. The van der Waals surface area contributed by atoms with Crippen molar-refractivity contribution in [2.24, 2.45) is 5.92 Å². The number of hydrogen-bond donors (Lipinski definition) is 3. The molecule has 0 amide bonds. The lowest BCUT2D eigenvalue weighted by molar-refractivity contribution is 0.363. The largest absolute Gasteiger partial charge is 0.508 e. The number of phenols is 2. The van der Waals surface area contributed by atoms with E-state index in [2.05, 4.69) is 5.32 Å². The van der Waals surface area contributed by atoms with Gasteiger partial charge < -0.3 is 15.5 Å². The van der Waals surface area contributed by atoms with Crippen LogP contribution in [-0.4, -0.2) is 23.3 Å². The minimum Gasteiger partial charge on any atom is -0.508 e. The van der Waals surface area contributed by atoms with Crippen LogP contribution in [0.1, 0.15) is 18.4 Å². The molecule has 0 unspecified atom stereocenters. The second-order valence-electron chi connectivity index (χ2n) is 4.33. The van der Waals surface area contributed by atoms with Gasteiger partial charge in [-0.3, -0.25) is 0 Å². The maximum atomic E-state index is 12.9. The molecule has 88 valence electrons. The molecule has 0 aliphatic carbocycles. The second kappa shape index (κ2) is 4.70. The summed E-state index contributed by atoms with van der Waals surface area (Å²) in [6.07, 6.45) is 2.80. The van der Waals surface area contributed by atoms with Gasteiger partial charge in [0.25, 0.3) is 0 Å². The average Bonchev–Trinajstić information content (AvgIpc) is 2.27. The molecule has 16 heavy (non-hydrogen) atoms. The van der Waals surface area contributed by atoms with Crippen LogP contribution >= 0.6 is 0 Å². The molecular formula is C12H16FNO2. The second-order valence-corrected chi connectivity index (χ2v) is 4.33. The average molecular weight is 225 g/mol. The third-order valence-corrected chi connectivity index (χ3v) is 3.12. The number of phenolic OH excluding ortho intramolecular Hbond substituents is 2. The molecule has 0 saturated carbocycles. The molecule has 1 fully saturated rings. The zero-order valence-electron chi connectivity index (χ0n) is 9.04. The summed E-state index contributed by atoms with van der Waals surface area (Å²) in [5.74, 6) is -0.723. The van der Waals surface area contributed by atoms with Gasteiger partial charge in [-0.25, -0.2) is 4.39 Å². The highest BCUT2D eigenvalue weighted by molar-refractivity contribution is 5.40. The SMILES string of the molecule is Oc1cc(CC2CCNCC2)c(O)cc1F. The summed E-state index contributed by atoms with van der Waals surface area (Å²) in [7, 11) is 0. The minimum absolute atomic E-state index is 0.0613. The van der Waals surface area contributed by atoms with Crippen molar-refractivity contribution in [3.05, 3.63) is 23.5 Å². The van der Waals surface area contributed by atoms with Crippen LogP contribution in [0.3, 0.4) is 0 Å². The van der Waals surface area contributed by atoms with Crippen molar-refractivity contribution in [3.8, 4) is 11.5 Å². The van der Waals surface area contributed by atoms with Crippen LogP contribution in [0.4, 0.5) is 4.39 Å². The summed E-state index contributed by atoms with van der Waals surface area (Å²) >= 11 is 0. The van der Waals surface area contributed by atoms with E-state index in [9.17, 15) is 14.6 Å². The van der Waals surface area contributed by atoms with Gasteiger partial charge in [0.15, 0.2) is 11.6 Å². The van der Waals surface area contributed by atoms with Crippen molar-refractivity contribution >= 4 is 0 Å². The van der Waals surface area contributed by atoms with Crippen LogP contribution in [0, 0.1) is 11.7 Å². The zero-order chi connectivity index (χ0) is 11.5. The van der Waals surface area contributed by atoms with Crippen LogP contribution in [0.5, 0.6) is 11.5 Å². The number of rotatable bonds is 2. The molecule has 1 aliphatic heterocycles. The van der Waals surface area contributed by atoms with Crippen molar-refractivity contribution in [1.82, 2.24) is 5.32 Å². The summed E-state index contributed by atoms with van der Waals surface area (Å²) in [4.78, 5) is 0. The van der Waals surface area contributed by atoms with Gasteiger partial charge in [0, 0.05) is 6.07 Å². The van der Waals surface area contributed by atoms with Gasteiger partial charge in [-0.15, -0.1) is 0 Å². The first kappa shape index (κ1) is 11.2. The lowest BCUT2D eigenvalue weighted by Gasteiger charge is -2.22. The Morgan fingerprint density at radius 2 is 1.88 bits per heavy atom. The summed E-state index contributed by atoms with van der Waals surface area (Å²) in [5.41, 5.74) is 0.630. The van der Waals surface area contributed by atoms with E-state index in [0.717, 1.165) is 32.0 Å². The maximum absolute atomic E-state index is 12.9. The van der Waals surface area contributed by atoms with E-state index < -0.39 is 5.82 Å². The summed E-state index contributed by atoms with van der Waals surface area (Å²) in [6, 6.07) is 2.30. The Morgan fingerprint density at radius 1 is 1.19 bits per heavy atom. The van der Waals surface area contributed by atoms with Crippen LogP contribution in [0.2, 0.25) is 0 Å². The van der Waals surface area contributed by atoms with Crippen LogP contribution in [0.25, 0.3) is 0 Å². The Labute approximate surface area is 93.9 Å². The van der Waals surface area contributed by atoms with Gasteiger partial charge in [-0.1, -0.05) is 0 Å². The molecule has 1 aromatic carbocycles. The molecule has 0 spiro atoms. The maximum Gasteiger partial charge on any atom is 0.168 e. The lowest BCUT2D eigenvalue weighted by atomic mass is 9.90. The van der Waals surface area contributed by atoms with E-state index in [1.807, 2.05) is 0 Å². The Bertz CT molecular complexity index is 376. The highest BCUT2D eigenvalue weighted by atomic mass is 19.1. The number of aromatic hydroxyl groups is 2. The molecule has 2 rings (SSSR count). The predicted molar refractivity (Wildman–Crippen MR) is 59.0 cm³/mol. The molecule has 1 aromatic rings. The van der Waals surface area contributed by atoms with E-state index in [1.54, 1.807) is 0 Å². The molecule has 1 aliphatic rings. The highest BCUT2D eigenvalue weighted by Crippen LogP contribution is 2.29. The van der Waals surface area contributed by atoms with Crippen molar-refractivity contribution < 1.29 is 14.6 Å². The fourth-order valence-corrected chi connectivity index (χ4v) is 2.15. The van der Waals surface area contributed by atoms with E-state index in [1.165, 1.54) is 6.07 Å². The molecular weight excluding hydrogens is 209 g/mol. The first-order valence-electron chi connectivity index (χ1n) is 5.58. The number of halogens is 1. The van der Waals surface area contributed by atoms with Gasteiger partial charge in [-0.05, 0) is 49.9 Å². The summed E-state index contributed by atoms with van der Waals surface area (Å²) < 4.78 is 12.9. The van der Waals surface area contributed by atoms with Crippen LogP contribution < -0.4 is 5.32 Å². The fraction of sp³-hybridized carbons (Fsp3) is 0.500. The first-order chi connectivity index (χ1) is 7.66. The predicted octanol–water partition coefficient (Wildman–Crippen LogP) is 1.78. The van der Waals surface area contributed by atoms with E-state index in [4.69, 9.17) is 0 Å². The molecule has 0 aromatic heterocycles. The Hall–Kier alpha value is -1.29. The van der Waals surface area contributed by atoms with Crippen molar-refractivity contribution in [2.45, 2.75) is 19.3 Å². The smallest absolute Gasteiger partial charge is 0.168 e. The van der Waals surface area contributed by atoms with Gasteiger partial charge in [0.2, 0.25) is 0 Å². The Kier molecular flexibility index (Phi) is 3.29. The first-order valence-corrected chi connectivity index (χ1v) is 5.58. The molecule has 3 N–H and O–H groups in total. The fourth-order valence-electron chi connectivity index (χ4n) is 2.15. The van der Waals surface area contributed by atoms with E-state index >= 15 is 0 Å². The Balaban J connectivity index is 2.11. The van der Waals surface area contributed by atoms with Gasteiger partial charge in [-0.2, -0.15) is 0 Å². The van der Waals surface area contributed by atoms with Crippen molar-refractivity contribution in [1.29, 1.82) is 0 Å². The number of hydrogen-bond acceptors (Lipinski definition) is 3. The molecule has 0 bridgehead atoms. The molecule has 4 heteroatoms. The highest BCUT2D eigenvalue weighted by Gasteiger charge is 2.16. The van der Waals surface area contributed by atoms with Crippen molar-refractivity contribution in [2.75, 3.05) is 13.1 Å². The molecule has 0 atom stereocenters. The number of piperidine rings is 1.